The highest BCUT2D eigenvalue weighted by molar-refractivity contribution is 5.44. The van der Waals surface area contributed by atoms with Crippen molar-refractivity contribution in [1.82, 2.24) is 19.7 Å². The maximum atomic E-state index is 9.10. The molecule has 4 rings (SSSR count). The number of hydrogen-bond donors (Lipinski definition) is 0. The van der Waals surface area contributed by atoms with Gasteiger partial charge in [0.1, 0.15) is 11.9 Å². The molecule has 0 atom stereocenters. The molecular formula is C20H20N6. The van der Waals surface area contributed by atoms with Crippen molar-refractivity contribution in [3.63, 3.8) is 0 Å². The molecule has 3 heterocycles. The van der Waals surface area contributed by atoms with Crippen LogP contribution in [0, 0.1) is 16.7 Å². The molecule has 0 radical (unpaired) electrons. The van der Waals surface area contributed by atoms with Gasteiger partial charge in [0.25, 0.3) is 0 Å². The number of aromatic nitrogens is 4. The van der Waals surface area contributed by atoms with Crippen molar-refractivity contribution in [2.75, 3.05) is 11.4 Å². The first-order valence-electron chi connectivity index (χ1n) is 8.65. The van der Waals surface area contributed by atoms with Gasteiger partial charge in [-0.15, -0.1) is 0 Å². The number of hydrogen-bond acceptors (Lipinski definition) is 5. The lowest BCUT2D eigenvalue weighted by molar-refractivity contribution is 0.363. The minimum Gasteiger partial charge on any atom is -0.351 e. The average molecular weight is 344 g/mol. The molecule has 3 aromatic rings. The Morgan fingerprint density at radius 3 is 2.73 bits per heavy atom. The van der Waals surface area contributed by atoms with Crippen LogP contribution in [0.1, 0.15) is 30.9 Å². The van der Waals surface area contributed by atoms with E-state index >= 15 is 0 Å². The predicted molar refractivity (Wildman–Crippen MR) is 98.8 cm³/mol. The maximum Gasteiger partial charge on any atom is 0.234 e. The number of benzene rings is 1. The first-order chi connectivity index (χ1) is 12.6. The molecule has 6 nitrogen and oxygen atoms in total. The first kappa shape index (κ1) is 16.3. The number of fused-ring (bicyclic) bond motifs is 1. The van der Waals surface area contributed by atoms with Crippen LogP contribution in [0.25, 0.3) is 5.69 Å². The van der Waals surface area contributed by atoms with Crippen LogP contribution in [0.5, 0.6) is 0 Å². The second-order valence-corrected chi connectivity index (χ2v) is 7.41. The van der Waals surface area contributed by atoms with E-state index in [2.05, 4.69) is 45.9 Å². The third-order valence-electron chi connectivity index (χ3n) is 4.65. The fraction of sp³-hybridized carbons (Fsp3) is 0.300. The van der Waals surface area contributed by atoms with E-state index in [1.165, 1.54) is 11.3 Å². The minimum absolute atomic E-state index is 0.0373. The molecule has 1 aliphatic heterocycles. The quantitative estimate of drug-likeness (QED) is 0.714. The van der Waals surface area contributed by atoms with E-state index in [1.54, 1.807) is 6.20 Å². The van der Waals surface area contributed by atoms with Gasteiger partial charge in [0.05, 0.1) is 11.9 Å². The fourth-order valence-electron chi connectivity index (χ4n) is 3.55. The second-order valence-electron chi connectivity index (χ2n) is 7.41. The molecule has 130 valence electrons. The van der Waals surface area contributed by atoms with Crippen molar-refractivity contribution < 1.29 is 0 Å². The molecule has 6 heteroatoms. The summed E-state index contributed by atoms with van der Waals surface area (Å²) in [6.45, 7) is 6.07. The van der Waals surface area contributed by atoms with Crippen LogP contribution >= 0.6 is 0 Å². The number of nitrogens with zero attached hydrogens (tertiary/aromatic N) is 6. The van der Waals surface area contributed by atoms with Gasteiger partial charge < -0.3 is 4.90 Å². The molecule has 1 aliphatic rings. The van der Waals surface area contributed by atoms with Gasteiger partial charge in [-0.05, 0) is 30.0 Å². The molecule has 0 saturated carbocycles. The summed E-state index contributed by atoms with van der Waals surface area (Å²) in [5.41, 5.74) is 3.54. The second kappa shape index (κ2) is 6.26. The van der Waals surface area contributed by atoms with E-state index in [1.807, 2.05) is 41.2 Å². The van der Waals surface area contributed by atoms with Gasteiger partial charge in [0.15, 0.2) is 0 Å². The van der Waals surface area contributed by atoms with E-state index in [0.29, 0.717) is 6.54 Å². The zero-order valence-corrected chi connectivity index (χ0v) is 14.9. The highest BCUT2D eigenvalue weighted by atomic mass is 15.3. The molecule has 26 heavy (non-hydrogen) atoms. The van der Waals surface area contributed by atoms with Gasteiger partial charge in [-0.25, -0.2) is 14.6 Å². The Balaban J connectivity index is 1.76. The Bertz CT molecular complexity index is 967. The molecule has 0 fully saturated rings. The summed E-state index contributed by atoms with van der Waals surface area (Å²) in [6, 6.07) is 14.1. The Labute approximate surface area is 152 Å². The van der Waals surface area contributed by atoms with E-state index in [0.717, 1.165) is 24.5 Å². The van der Waals surface area contributed by atoms with E-state index < -0.39 is 0 Å². The minimum atomic E-state index is 0.0373. The number of rotatable bonds is 2. The number of anilines is 1. The zero-order valence-electron chi connectivity index (χ0n) is 14.9. The summed E-state index contributed by atoms with van der Waals surface area (Å²) in [7, 11) is 0. The van der Waals surface area contributed by atoms with Crippen LogP contribution in [-0.2, 0) is 13.0 Å². The average Bonchev–Trinajstić information content (AvgIpc) is 2.97. The van der Waals surface area contributed by atoms with Crippen molar-refractivity contribution in [3.05, 3.63) is 65.9 Å². The van der Waals surface area contributed by atoms with Crippen molar-refractivity contribution in [3.8, 4) is 11.8 Å². The lowest BCUT2D eigenvalue weighted by atomic mass is 9.87. The summed E-state index contributed by atoms with van der Waals surface area (Å²) >= 11 is 0. The molecule has 0 N–H and O–H groups in total. The summed E-state index contributed by atoms with van der Waals surface area (Å²) in [5.74, 6) is 0.981. The maximum absolute atomic E-state index is 9.10. The summed E-state index contributed by atoms with van der Waals surface area (Å²) in [5, 5.41) is 13.7. The zero-order chi connectivity index (χ0) is 18.1. The topological polar surface area (TPSA) is 70.6 Å². The van der Waals surface area contributed by atoms with Gasteiger partial charge in [-0.1, -0.05) is 32.0 Å². The van der Waals surface area contributed by atoms with E-state index in [-0.39, 0.29) is 11.2 Å². The van der Waals surface area contributed by atoms with Crippen LogP contribution < -0.4 is 4.90 Å². The van der Waals surface area contributed by atoms with Crippen LogP contribution in [-0.4, -0.2) is 26.3 Å². The normalized spacial score (nSPS) is 15.8. The molecule has 0 bridgehead atoms. The lowest BCUT2D eigenvalue weighted by Gasteiger charge is -2.30. The Kier molecular flexibility index (Phi) is 3.92. The van der Waals surface area contributed by atoms with Gasteiger partial charge in [0.2, 0.25) is 5.82 Å². The van der Waals surface area contributed by atoms with Crippen molar-refractivity contribution in [2.45, 2.75) is 26.8 Å². The van der Waals surface area contributed by atoms with Crippen LogP contribution in [0.15, 0.2) is 48.8 Å². The summed E-state index contributed by atoms with van der Waals surface area (Å²) in [6.07, 6.45) is 4.51. The van der Waals surface area contributed by atoms with Gasteiger partial charge in [0, 0.05) is 30.5 Å². The Morgan fingerprint density at radius 2 is 1.96 bits per heavy atom. The summed E-state index contributed by atoms with van der Waals surface area (Å²) in [4.78, 5) is 10.6. The van der Waals surface area contributed by atoms with Crippen molar-refractivity contribution in [1.29, 1.82) is 5.26 Å². The predicted octanol–water partition coefficient (Wildman–Crippen LogP) is 3.12. The molecular weight excluding hydrogens is 324 g/mol. The monoisotopic (exact) mass is 344 g/mol. The highest BCUT2D eigenvalue weighted by Gasteiger charge is 2.31. The molecule has 0 unspecified atom stereocenters. The molecule has 0 saturated heterocycles. The first-order valence-corrected chi connectivity index (χ1v) is 8.65. The lowest BCUT2D eigenvalue weighted by Crippen LogP contribution is -2.33. The summed E-state index contributed by atoms with van der Waals surface area (Å²) < 4.78 is 2.04. The van der Waals surface area contributed by atoms with Crippen LogP contribution in [0.2, 0.25) is 0 Å². The van der Waals surface area contributed by atoms with Crippen molar-refractivity contribution in [2.24, 2.45) is 5.41 Å². The van der Waals surface area contributed by atoms with Crippen LogP contribution in [0.3, 0.4) is 0 Å². The third-order valence-corrected chi connectivity index (χ3v) is 4.65. The van der Waals surface area contributed by atoms with E-state index in [4.69, 9.17) is 5.26 Å². The largest absolute Gasteiger partial charge is 0.351 e. The van der Waals surface area contributed by atoms with Gasteiger partial charge in [-0.3, -0.25) is 0 Å². The molecule has 0 amide bonds. The third kappa shape index (κ3) is 3.04. The fourth-order valence-corrected chi connectivity index (χ4v) is 3.55. The molecule has 0 spiro atoms. The van der Waals surface area contributed by atoms with Gasteiger partial charge in [-0.2, -0.15) is 10.4 Å². The Hall–Kier alpha value is -3.20. The molecule has 0 aliphatic carbocycles. The molecule has 2 aromatic heterocycles. The standard InChI is InChI=1S/C20H20N6/c1-20(2)10-17-15(12-23-26(17)16-6-4-3-5-7-16)13-25(14-20)19-8-9-22-18(11-21)24-19/h3-9,12H,10,13-14H2,1-2H3. The van der Waals surface area contributed by atoms with E-state index in [9.17, 15) is 0 Å². The Morgan fingerprint density at radius 1 is 1.15 bits per heavy atom. The van der Waals surface area contributed by atoms with Gasteiger partial charge >= 0.3 is 0 Å². The van der Waals surface area contributed by atoms with Crippen molar-refractivity contribution >= 4 is 5.82 Å². The number of nitriles is 1. The van der Waals surface area contributed by atoms with Crippen LogP contribution in [0.4, 0.5) is 5.82 Å². The highest BCUT2D eigenvalue weighted by Crippen LogP contribution is 2.33. The number of para-hydroxylation sites is 1. The smallest absolute Gasteiger partial charge is 0.234 e. The SMILES string of the molecule is CC1(C)Cc2c(cnn2-c2ccccc2)CN(c2ccnc(C#N)n2)C1. The molecule has 1 aromatic carbocycles.